The third kappa shape index (κ3) is 3.58. The average Bonchev–Trinajstić information content (AvgIpc) is 3.28. The fourth-order valence-electron chi connectivity index (χ4n) is 3.22. The molecule has 0 spiro atoms. The molecule has 1 atom stereocenters. The van der Waals surface area contributed by atoms with Crippen LogP contribution in [-0.2, 0) is 6.54 Å². The second kappa shape index (κ2) is 7.72. The zero-order valence-corrected chi connectivity index (χ0v) is 16.7. The average molecular weight is 398 g/mol. The van der Waals surface area contributed by atoms with Gasteiger partial charge in [-0.3, -0.25) is 4.40 Å². The van der Waals surface area contributed by atoms with Gasteiger partial charge < -0.3 is 10.1 Å². The van der Waals surface area contributed by atoms with Crippen LogP contribution in [0, 0.1) is 0 Å². The largest absolute Gasteiger partial charge is 0.496 e. The number of benzene rings is 2. The van der Waals surface area contributed by atoms with Crippen LogP contribution in [-0.4, -0.2) is 16.5 Å². The van der Waals surface area contributed by atoms with Crippen LogP contribution < -0.4 is 10.1 Å². The van der Waals surface area contributed by atoms with Crippen LogP contribution in [0.4, 0.5) is 0 Å². The molecule has 0 aliphatic carbocycles. The van der Waals surface area contributed by atoms with Crippen molar-refractivity contribution in [3.8, 4) is 17.0 Å². The van der Waals surface area contributed by atoms with Crippen LogP contribution in [0.3, 0.4) is 0 Å². The van der Waals surface area contributed by atoms with Crippen LogP contribution >= 0.6 is 22.9 Å². The number of hydrogen-bond donors (Lipinski definition) is 1. The number of ether oxygens (including phenoxy) is 1. The van der Waals surface area contributed by atoms with E-state index in [1.165, 1.54) is 0 Å². The van der Waals surface area contributed by atoms with Crippen molar-refractivity contribution in [2.45, 2.75) is 19.5 Å². The summed E-state index contributed by atoms with van der Waals surface area (Å²) in [5, 5.41) is 6.40. The molecule has 2 heterocycles. The lowest BCUT2D eigenvalue weighted by atomic mass is 10.1. The van der Waals surface area contributed by atoms with Crippen LogP contribution in [0.25, 0.3) is 16.2 Å². The van der Waals surface area contributed by atoms with E-state index in [1.54, 1.807) is 18.4 Å². The first-order chi connectivity index (χ1) is 13.2. The first-order valence-electron chi connectivity index (χ1n) is 8.74. The third-order valence-electron chi connectivity index (χ3n) is 4.66. The normalized spacial score (nSPS) is 12.4. The minimum Gasteiger partial charge on any atom is -0.496 e. The lowest BCUT2D eigenvalue weighted by molar-refractivity contribution is 0.401. The van der Waals surface area contributed by atoms with E-state index >= 15 is 0 Å². The SMILES string of the molecule is COc1ccccc1C(C)NCc1c(-c2ccc(Cl)cc2)nc2sccn12. The quantitative estimate of drug-likeness (QED) is 0.461. The number of para-hydroxylation sites is 1. The number of fused-ring (bicyclic) bond motifs is 1. The highest BCUT2D eigenvalue weighted by Crippen LogP contribution is 2.29. The topological polar surface area (TPSA) is 38.6 Å². The van der Waals surface area contributed by atoms with Gasteiger partial charge in [0.05, 0.1) is 18.5 Å². The molecule has 138 valence electrons. The number of nitrogens with one attached hydrogen (secondary N) is 1. The maximum absolute atomic E-state index is 6.05. The lowest BCUT2D eigenvalue weighted by Gasteiger charge is -2.17. The van der Waals surface area contributed by atoms with E-state index in [-0.39, 0.29) is 6.04 Å². The molecule has 0 radical (unpaired) electrons. The molecule has 1 unspecified atom stereocenters. The molecule has 4 nitrogen and oxygen atoms in total. The van der Waals surface area contributed by atoms with E-state index in [2.05, 4.69) is 34.3 Å². The second-order valence-electron chi connectivity index (χ2n) is 6.31. The highest BCUT2D eigenvalue weighted by Gasteiger charge is 2.17. The summed E-state index contributed by atoms with van der Waals surface area (Å²) in [7, 11) is 1.70. The molecule has 0 saturated carbocycles. The summed E-state index contributed by atoms with van der Waals surface area (Å²) < 4.78 is 7.65. The maximum Gasteiger partial charge on any atom is 0.194 e. The van der Waals surface area contributed by atoms with Crippen molar-refractivity contribution < 1.29 is 4.74 Å². The maximum atomic E-state index is 6.05. The van der Waals surface area contributed by atoms with E-state index < -0.39 is 0 Å². The van der Waals surface area contributed by atoms with Gasteiger partial charge in [-0.05, 0) is 25.1 Å². The molecule has 6 heteroatoms. The highest BCUT2D eigenvalue weighted by molar-refractivity contribution is 7.15. The minimum atomic E-state index is 0.142. The predicted molar refractivity (Wildman–Crippen MR) is 112 cm³/mol. The van der Waals surface area contributed by atoms with Crippen molar-refractivity contribution in [1.82, 2.24) is 14.7 Å². The molecule has 0 saturated heterocycles. The van der Waals surface area contributed by atoms with E-state index in [1.807, 2.05) is 42.5 Å². The van der Waals surface area contributed by atoms with Gasteiger partial charge in [-0.15, -0.1) is 11.3 Å². The summed E-state index contributed by atoms with van der Waals surface area (Å²) in [6.07, 6.45) is 2.07. The number of halogens is 1. The van der Waals surface area contributed by atoms with E-state index in [9.17, 15) is 0 Å². The molecule has 0 aliphatic rings. The molecule has 27 heavy (non-hydrogen) atoms. The van der Waals surface area contributed by atoms with Gasteiger partial charge in [0, 0.05) is 40.3 Å². The number of nitrogens with zero attached hydrogens (tertiary/aromatic N) is 2. The Morgan fingerprint density at radius 1 is 1.19 bits per heavy atom. The smallest absolute Gasteiger partial charge is 0.194 e. The lowest BCUT2D eigenvalue weighted by Crippen LogP contribution is -2.20. The van der Waals surface area contributed by atoms with Gasteiger partial charge in [0.1, 0.15) is 5.75 Å². The Hall–Kier alpha value is -2.34. The zero-order valence-electron chi connectivity index (χ0n) is 15.1. The Morgan fingerprint density at radius 3 is 2.74 bits per heavy atom. The van der Waals surface area contributed by atoms with Gasteiger partial charge >= 0.3 is 0 Å². The Labute approximate surface area is 167 Å². The number of rotatable bonds is 6. The predicted octanol–water partition coefficient (Wildman–Crippen LogP) is 5.58. The van der Waals surface area contributed by atoms with Crippen molar-refractivity contribution in [1.29, 1.82) is 0 Å². The summed E-state index contributed by atoms with van der Waals surface area (Å²) in [4.78, 5) is 5.82. The third-order valence-corrected chi connectivity index (χ3v) is 5.67. The molecule has 2 aromatic carbocycles. The Kier molecular flexibility index (Phi) is 5.16. The fourth-order valence-corrected chi connectivity index (χ4v) is 4.08. The Balaban J connectivity index is 1.64. The molecule has 2 aromatic heterocycles. The fraction of sp³-hybridized carbons (Fsp3) is 0.190. The first kappa shape index (κ1) is 18.0. The van der Waals surface area contributed by atoms with Crippen molar-refractivity contribution >= 4 is 27.9 Å². The summed E-state index contributed by atoms with van der Waals surface area (Å²) in [6, 6.07) is 16.1. The number of hydrogen-bond acceptors (Lipinski definition) is 4. The van der Waals surface area contributed by atoms with Crippen molar-refractivity contribution in [2.75, 3.05) is 7.11 Å². The summed E-state index contributed by atoms with van der Waals surface area (Å²) in [5.41, 5.74) is 4.32. The molecule has 4 aromatic rings. The number of methoxy groups -OCH3 is 1. The van der Waals surface area contributed by atoms with Gasteiger partial charge in [-0.25, -0.2) is 4.98 Å². The van der Waals surface area contributed by atoms with Crippen LogP contribution in [0.2, 0.25) is 5.02 Å². The number of aromatic nitrogens is 2. The zero-order chi connectivity index (χ0) is 18.8. The number of imidazole rings is 1. The summed E-state index contributed by atoms with van der Waals surface area (Å²) in [6.45, 7) is 2.83. The molecule has 1 N–H and O–H groups in total. The standard InChI is InChI=1S/C21H20ClN3OS/c1-14(17-5-3-4-6-19(17)26-2)23-13-18-20(15-7-9-16(22)10-8-15)24-21-25(18)11-12-27-21/h3-12,14,23H,13H2,1-2H3. The van der Waals surface area contributed by atoms with Crippen LogP contribution in [0.1, 0.15) is 24.2 Å². The van der Waals surface area contributed by atoms with E-state index in [0.29, 0.717) is 6.54 Å². The van der Waals surface area contributed by atoms with Gasteiger partial charge in [0.25, 0.3) is 0 Å². The van der Waals surface area contributed by atoms with Crippen molar-refractivity contribution in [3.05, 3.63) is 76.4 Å². The summed E-state index contributed by atoms with van der Waals surface area (Å²) >= 11 is 7.68. The molecule has 0 amide bonds. The van der Waals surface area contributed by atoms with Crippen molar-refractivity contribution in [3.63, 3.8) is 0 Å². The van der Waals surface area contributed by atoms with Crippen LogP contribution in [0.5, 0.6) is 5.75 Å². The van der Waals surface area contributed by atoms with Crippen LogP contribution in [0.15, 0.2) is 60.1 Å². The molecule has 0 bridgehead atoms. The Bertz CT molecular complexity index is 1050. The Morgan fingerprint density at radius 2 is 1.96 bits per heavy atom. The minimum absolute atomic E-state index is 0.142. The monoisotopic (exact) mass is 397 g/mol. The molecular weight excluding hydrogens is 378 g/mol. The number of thiazole rings is 1. The van der Waals surface area contributed by atoms with Gasteiger partial charge in [-0.1, -0.05) is 41.9 Å². The first-order valence-corrected chi connectivity index (χ1v) is 10.00. The van der Waals surface area contributed by atoms with Gasteiger partial charge in [0.2, 0.25) is 0 Å². The highest BCUT2D eigenvalue weighted by atomic mass is 35.5. The van der Waals surface area contributed by atoms with E-state index in [0.717, 1.165) is 38.2 Å². The molecule has 0 fully saturated rings. The molecule has 0 aliphatic heterocycles. The van der Waals surface area contributed by atoms with Gasteiger partial charge in [-0.2, -0.15) is 0 Å². The second-order valence-corrected chi connectivity index (χ2v) is 7.62. The summed E-state index contributed by atoms with van der Waals surface area (Å²) in [5.74, 6) is 0.893. The molecular formula is C21H20ClN3OS. The van der Waals surface area contributed by atoms with E-state index in [4.69, 9.17) is 21.3 Å². The van der Waals surface area contributed by atoms with Crippen molar-refractivity contribution in [2.24, 2.45) is 0 Å². The van der Waals surface area contributed by atoms with Gasteiger partial charge in [0.15, 0.2) is 4.96 Å². The molecule has 4 rings (SSSR count).